The van der Waals surface area contributed by atoms with E-state index in [0.29, 0.717) is 10.8 Å². The lowest BCUT2D eigenvalue weighted by molar-refractivity contribution is -0.137. The molecule has 132 valence electrons. The minimum Gasteiger partial charge on any atom is -0.272 e. The average Bonchev–Trinajstić information content (AvgIpc) is 2.56. The van der Waals surface area contributed by atoms with Crippen LogP contribution in [0.2, 0.25) is 5.02 Å². The maximum absolute atomic E-state index is 12.6. The molecule has 0 aliphatic rings. The van der Waals surface area contributed by atoms with E-state index in [-0.39, 0.29) is 17.2 Å². The molecule has 8 heteroatoms. The Morgan fingerprint density at radius 3 is 2.68 bits per heavy atom. The molecule has 25 heavy (non-hydrogen) atoms. The number of benzene rings is 2. The molecule has 2 aromatic carbocycles. The van der Waals surface area contributed by atoms with Crippen LogP contribution in [0.15, 0.2) is 53.6 Å². The van der Waals surface area contributed by atoms with Crippen LogP contribution in [-0.4, -0.2) is 17.9 Å². The predicted octanol–water partition coefficient (Wildman–Crippen LogP) is 4.74. The van der Waals surface area contributed by atoms with Gasteiger partial charge in [0, 0.05) is 10.8 Å². The zero-order valence-corrected chi connectivity index (χ0v) is 14.5. The zero-order valence-electron chi connectivity index (χ0n) is 12.9. The number of rotatable bonds is 6. The molecule has 0 unspecified atom stereocenters. The maximum atomic E-state index is 12.6. The summed E-state index contributed by atoms with van der Waals surface area (Å²) in [5.74, 6) is 0.385. The third-order valence-corrected chi connectivity index (χ3v) is 4.42. The van der Waals surface area contributed by atoms with E-state index in [4.69, 9.17) is 11.6 Å². The Bertz CT molecular complexity index is 766. The van der Waals surface area contributed by atoms with Gasteiger partial charge in [-0.05, 0) is 29.3 Å². The smallest absolute Gasteiger partial charge is 0.272 e. The van der Waals surface area contributed by atoms with E-state index >= 15 is 0 Å². The molecular weight excluding hydrogens is 373 g/mol. The fraction of sp³-hybridized carbons (Fsp3) is 0.176. The Labute approximate surface area is 152 Å². The van der Waals surface area contributed by atoms with Gasteiger partial charge in [0.2, 0.25) is 5.91 Å². The summed E-state index contributed by atoms with van der Waals surface area (Å²) >= 11 is 7.38. The van der Waals surface area contributed by atoms with Gasteiger partial charge >= 0.3 is 6.18 Å². The van der Waals surface area contributed by atoms with E-state index in [1.165, 1.54) is 30.1 Å². The lowest BCUT2D eigenvalue weighted by Crippen LogP contribution is -2.19. The number of thioether (sulfide) groups is 1. The first kappa shape index (κ1) is 19.3. The summed E-state index contributed by atoms with van der Waals surface area (Å²) in [7, 11) is 0. The quantitative estimate of drug-likeness (QED) is 0.575. The molecule has 0 atom stereocenters. The van der Waals surface area contributed by atoms with Crippen molar-refractivity contribution in [3.8, 4) is 0 Å². The predicted molar refractivity (Wildman–Crippen MR) is 94.8 cm³/mol. The van der Waals surface area contributed by atoms with Crippen molar-refractivity contribution in [2.24, 2.45) is 5.10 Å². The van der Waals surface area contributed by atoms with Gasteiger partial charge in [0.1, 0.15) is 0 Å². The normalized spacial score (nSPS) is 11.7. The number of nitrogens with zero attached hydrogens (tertiary/aromatic N) is 1. The third-order valence-electron chi connectivity index (χ3n) is 3.07. The van der Waals surface area contributed by atoms with Crippen molar-refractivity contribution in [3.63, 3.8) is 0 Å². The number of halogens is 4. The second-order valence-electron chi connectivity index (χ2n) is 5.00. The molecule has 1 N–H and O–H groups in total. The molecule has 0 aliphatic carbocycles. The summed E-state index contributed by atoms with van der Waals surface area (Å²) in [6, 6.07) is 12.0. The summed E-state index contributed by atoms with van der Waals surface area (Å²) in [5.41, 5.74) is 2.69. The summed E-state index contributed by atoms with van der Waals surface area (Å²) in [4.78, 5) is 11.7. The number of nitrogens with one attached hydrogen (secondary N) is 1. The van der Waals surface area contributed by atoms with Gasteiger partial charge in [-0.25, -0.2) is 5.43 Å². The van der Waals surface area contributed by atoms with E-state index in [1.807, 2.05) is 18.2 Å². The van der Waals surface area contributed by atoms with Gasteiger partial charge in [0.25, 0.3) is 0 Å². The summed E-state index contributed by atoms with van der Waals surface area (Å²) in [6.07, 6.45) is -3.24. The molecule has 0 radical (unpaired) electrons. The summed E-state index contributed by atoms with van der Waals surface area (Å²) in [6.45, 7) is 0. The van der Waals surface area contributed by atoms with Crippen LogP contribution in [0, 0.1) is 0 Å². The molecule has 0 fully saturated rings. The standard InChI is InChI=1S/C17H14ClF3N2OS/c18-15-7-2-1-5-13(15)10-25-11-16(24)23-22-9-12-4-3-6-14(8-12)17(19,20)21/h1-9H,10-11H2,(H,23,24)/b22-9-. The molecule has 3 nitrogen and oxygen atoms in total. The first-order valence-corrected chi connectivity index (χ1v) is 8.70. The molecule has 2 aromatic rings. The van der Waals surface area contributed by atoms with Crippen molar-refractivity contribution in [2.75, 3.05) is 5.75 Å². The summed E-state index contributed by atoms with van der Waals surface area (Å²) in [5, 5.41) is 4.31. The topological polar surface area (TPSA) is 41.5 Å². The van der Waals surface area contributed by atoms with Crippen LogP contribution in [0.4, 0.5) is 13.2 Å². The van der Waals surface area contributed by atoms with Gasteiger partial charge in [-0.2, -0.15) is 18.3 Å². The minimum absolute atomic E-state index is 0.158. The molecule has 0 saturated carbocycles. The van der Waals surface area contributed by atoms with Gasteiger partial charge in [-0.3, -0.25) is 4.79 Å². The van der Waals surface area contributed by atoms with E-state index in [1.54, 1.807) is 6.07 Å². The van der Waals surface area contributed by atoms with Crippen LogP contribution in [0.25, 0.3) is 0 Å². The van der Waals surface area contributed by atoms with Crippen LogP contribution in [0.3, 0.4) is 0 Å². The lowest BCUT2D eigenvalue weighted by Gasteiger charge is -2.06. The Morgan fingerprint density at radius 1 is 1.20 bits per heavy atom. The fourth-order valence-electron chi connectivity index (χ4n) is 1.88. The molecular formula is C17H14ClF3N2OS. The van der Waals surface area contributed by atoms with Crippen molar-refractivity contribution >= 4 is 35.5 Å². The monoisotopic (exact) mass is 386 g/mol. The number of amides is 1. The first-order valence-electron chi connectivity index (χ1n) is 7.16. The lowest BCUT2D eigenvalue weighted by atomic mass is 10.1. The van der Waals surface area contributed by atoms with Crippen molar-refractivity contribution in [3.05, 3.63) is 70.2 Å². The van der Waals surface area contributed by atoms with Crippen molar-refractivity contribution in [2.45, 2.75) is 11.9 Å². The Kier molecular flexibility index (Phi) is 6.90. The van der Waals surface area contributed by atoms with Crippen LogP contribution < -0.4 is 5.43 Å². The molecule has 0 saturated heterocycles. The third kappa shape index (κ3) is 6.43. The molecule has 1 amide bonds. The highest BCUT2D eigenvalue weighted by Gasteiger charge is 2.30. The van der Waals surface area contributed by atoms with Gasteiger partial charge in [-0.15, -0.1) is 11.8 Å². The number of alkyl halides is 3. The molecule has 0 aliphatic heterocycles. The number of hydrogen-bond acceptors (Lipinski definition) is 3. The van der Waals surface area contributed by atoms with E-state index < -0.39 is 11.7 Å². The highest BCUT2D eigenvalue weighted by molar-refractivity contribution is 7.99. The largest absolute Gasteiger partial charge is 0.416 e. The zero-order chi connectivity index (χ0) is 18.3. The van der Waals surface area contributed by atoms with Crippen LogP contribution >= 0.6 is 23.4 Å². The Morgan fingerprint density at radius 2 is 1.96 bits per heavy atom. The van der Waals surface area contributed by atoms with Crippen LogP contribution in [0.5, 0.6) is 0 Å². The number of hydrogen-bond donors (Lipinski definition) is 1. The maximum Gasteiger partial charge on any atom is 0.416 e. The van der Waals surface area contributed by atoms with Crippen molar-refractivity contribution in [1.29, 1.82) is 0 Å². The van der Waals surface area contributed by atoms with E-state index in [9.17, 15) is 18.0 Å². The van der Waals surface area contributed by atoms with Crippen LogP contribution in [-0.2, 0) is 16.7 Å². The van der Waals surface area contributed by atoms with E-state index in [2.05, 4.69) is 10.5 Å². The number of carbonyl (C=O) groups excluding carboxylic acids is 1. The van der Waals surface area contributed by atoms with Gasteiger partial charge < -0.3 is 0 Å². The number of hydrazone groups is 1. The first-order chi connectivity index (χ1) is 11.9. The minimum atomic E-state index is -4.41. The van der Waals surface area contributed by atoms with Crippen molar-refractivity contribution < 1.29 is 18.0 Å². The Balaban J connectivity index is 1.80. The molecule has 0 bridgehead atoms. The molecule has 0 aromatic heterocycles. The average molecular weight is 387 g/mol. The van der Waals surface area contributed by atoms with Gasteiger partial charge in [0.05, 0.1) is 17.5 Å². The van der Waals surface area contributed by atoms with Gasteiger partial charge in [0.15, 0.2) is 0 Å². The second-order valence-corrected chi connectivity index (χ2v) is 6.39. The van der Waals surface area contributed by atoms with Crippen LogP contribution in [0.1, 0.15) is 16.7 Å². The van der Waals surface area contributed by atoms with Gasteiger partial charge in [-0.1, -0.05) is 41.9 Å². The highest BCUT2D eigenvalue weighted by atomic mass is 35.5. The van der Waals surface area contributed by atoms with Crippen molar-refractivity contribution in [1.82, 2.24) is 5.43 Å². The molecule has 0 spiro atoms. The Hall–Kier alpha value is -1.99. The highest BCUT2D eigenvalue weighted by Crippen LogP contribution is 2.29. The van der Waals surface area contributed by atoms with E-state index in [0.717, 1.165) is 17.7 Å². The molecule has 2 rings (SSSR count). The molecule has 0 heterocycles. The second kappa shape index (κ2) is 8.92. The summed E-state index contributed by atoms with van der Waals surface area (Å²) < 4.78 is 37.8. The fourth-order valence-corrected chi connectivity index (χ4v) is 2.98. The number of carbonyl (C=O) groups is 1. The SMILES string of the molecule is O=C(CSCc1ccccc1Cl)N/N=C\c1cccc(C(F)(F)F)c1.